The van der Waals surface area contributed by atoms with E-state index in [0.29, 0.717) is 11.3 Å². The van der Waals surface area contributed by atoms with Crippen molar-refractivity contribution in [2.24, 2.45) is 4.99 Å². The second-order valence-corrected chi connectivity index (χ2v) is 7.63. The first kappa shape index (κ1) is 20.5. The van der Waals surface area contributed by atoms with Crippen molar-refractivity contribution >= 4 is 40.7 Å². The SMILES string of the molecule is CCS(=O)C1CCCC(NC(=NC)NCCc2ccco2)C1.I. The first-order valence-electron chi connectivity index (χ1n) is 8.09. The van der Waals surface area contributed by atoms with E-state index >= 15 is 0 Å². The molecule has 3 atom stereocenters. The standard InChI is InChI=1S/C16H27N3O2S.HI/c1-3-22(20)15-8-4-6-13(12-15)19-16(17-2)18-10-9-14-7-5-11-21-14;/h5,7,11,13,15H,3-4,6,8-10,12H2,1-2H3,(H2,17,18,19);1H. The summed E-state index contributed by atoms with van der Waals surface area (Å²) in [6, 6.07) is 4.24. The molecule has 1 aromatic heterocycles. The molecule has 0 aromatic carbocycles. The van der Waals surface area contributed by atoms with Gasteiger partial charge in [-0.1, -0.05) is 13.3 Å². The molecule has 23 heavy (non-hydrogen) atoms. The zero-order valence-corrected chi connectivity index (χ0v) is 17.1. The average molecular weight is 453 g/mol. The van der Waals surface area contributed by atoms with Gasteiger partial charge in [-0.25, -0.2) is 0 Å². The summed E-state index contributed by atoms with van der Waals surface area (Å²) >= 11 is 0. The highest BCUT2D eigenvalue weighted by Gasteiger charge is 2.25. The molecule has 0 bridgehead atoms. The lowest BCUT2D eigenvalue weighted by molar-refractivity contribution is 0.413. The van der Waals surface area contributed by atoms with Crippen LogP contribution in [0.1, 0.15) is 38.4 Å². The van der Waals surface area contributed by atoms with Crippen LogP contribution < -0.4 is 10.6 Å². The topological polar surface area (TPSA) is 66.6 Å². The van der Waals surface area contributed by atoms with E-state index in [9.17, 15) is 4.21 Å². The zero-order valence-electron chi connectivity index (χ0n) is 13.9. The molecule has 2 N–H and O–H groups in total. The van der Waals surface area contributed by atoms with Gasteiger partial charge in [-0.3, -0.25) is 9.20 Å². The van der Waals surface area contributed by atoms with E-state index in [0.717, 1.165) is 56.1 Å². The van der Waals surface area contributed by atoms with Crippen LogP contribution in [0.3, 0.4) is 0 Å². The van der Waals surface area contributed by atoms with Gasteiger partial charge in [-0.05, 0) is 31.4 Å². The van der Waals surface area contributed by atoms with Crippen molar-refractivity contribution in [3.63, 3.8) is 0 Å². The molecule has 1 heterocycles. The van der Waals surface area contributed by atoms with Crippen LogP contribution in [-0.2, 0) is 17.2 Å². The van der Waals surface area contributed by atoms with Crippen molar-refractivity contribution in [2.45, 2.75) is 50.3 Å². The molecule has 1 saturated carbocycles. The fourth-order valence-electron chi connectivity index (χ4n) is 2.90. The largest absolute Gasteiger partial charge is 0.469 e. The monoisotopic (exact) mass is 453 g/mol. The molecule has 1 aliphatic rings. The summed E-state index contributed by atoms with van der Waals surface area (Å²) in [5.74, 6) is 2.55. The molecule has 3 unspecified atom stereocenters. The molecule has 0 aliphatic heterocycles. The summed E-state index contributed by atoms with van der Waals surface area (Å²) in [6.07, 6.45) is 6.84. The lowest BCUT2D eigenvalue weighted by atomic mass is 9.95. The van der Waals surface area contributed by atoms with E-state index in [2.05, 4.69) is 15.6 Å². The molecule has 1 fully saturated rings. The van der Waals surface area contributed by atoms with Gasteiger partial charge in [0.15, 0.2) is 5.96 Å². The average Bonchev–Trinajstić information content (AvgIpc) is 3.06. The van der Waals surface area contributed by atoms with Crippen LogP contribution in [0, 0.1) is 0 Å². The summed E-state index contributed by atoms with van der Waals surface area (Å²) < 4.78 is 17.3. The van der Waals surface area contributed by atoms with Gasteiger partial charge in [0, 0.05) is 47.9 Å². The van der Waals surface area contributed by atoms with Gasteiger partial charge in [0.25, 0.3) is 0 Å². The van der Waals surface area contributed by atoms with Gasteiger partial charge < -0.3 is 15.1 Å². The third-order valence-electron chi connectivity index (χ3n) is 4.09. The van der Waals surface area contributed by atoms with E-state index in [1.54, 1.807) is 13.3 Å². The summed E-state index contributed by atoms with van der Waals surface area (Å²) in [7, 11) is 1.10. The minimum Gasteiger partial charge on any atom is -0.469 e. The van der Waals surface area contributed by atoms with Crippen LogP contribution in [0.25, 0.3) is 0 Å². The summed E-state index contributed by atoms with van der Waals surface area (Å²) in [5, 5.41) is 7.12. The maximum absolute atomic E-state index is 12.0. The third kappa shape index (κ3) is 6.82. The van der Waals surface area contributed by atoms with Crippen molar-refractivity contribution in [3.05, 3.63) is 24.2 Å². The highest BCUT2D eigenvalue weighted by Crippen LogP contribution is 2.22. The molecular weight excluding hydrogens is 425 g/mol. The number of nitrogens with one attached hydrogen (secondary N) is 2. The highest BCUT2D eigenvalue weighted by molar-refractivity contribution is 14.0. The molecule has 0 radical (unpaired) electrons. The number of guanidine groups is 1. The van der Waals surface area contributed by atoms with E-state index in [4.69, 9.17) is 4.42 Å². The van der Waals surface area contributed by atoms with E-state index in [1.165, 1.54) is 0 Å². The summed E-state index contributed by atoms with van der Waals surface area (Å²) in [6.45, 7) is 2.78. The van der Waals surface area contributed by atoms with Crippen LogP contribution in [0.2, 0.25) is 0 Å². The number of hydrogen-bond donors (Lipinski definition) is 2. The van der Waals surface area contributed by atoms with E-state index in [1.807, 2.05) is 19.1 Å². The van der Waals surface area contributed by atoms with Crippen molar-refractivity contribution in [2.75, 3.05) is 19.3 Å². The molecule has 0 amide bonds. The zero-order chi connectivity index (χ0) is 15.8. The van der Waals surface area contributed by atoms with Gasteiger partial charge in [0.2, 0.25) is 0 Å². The quantitative estimate of drug-likeness (QED) is 0.395. The van der Waals surface area contributed by atoms with Gasteiger partial charge in [-0.2, -0.15) is 0 Å². The van der Waals surface area contributed by atoms with Crippen molar-refractivity contribution in [1.82, 2.24) is 10.6 Å². The molecule has 7 heteroatoms. The second kappa shape index (κ2) is 11.1. The summed E-state index contributed by atoms with van der Waals surface area (Å²) in [4.78, 5) is 4.28. The predicted molar refractivity (Wildman–Crippen MR) is 107 cm³/mol. The Balaban J connectivity index is 0.00000264. The number of hydrogen-bond acceptors (Lipinski definition) is 3. The Morgan fingerprint density at radius 3 is 2.96 bits per heavy atom. The van der Waals surface area contributed by atoms with E-state index in [-0.39, 0.29) is 24.0 Å². The first-order valence-corrected chi connectivity index (χ1v) is 9.48. The Labute approximate surface area is 158 Å². The Morgan fingerprint density at radius 1 is 1.48 bits per heavy atom. The van der Waals surface area contributed by atoms with Crippen LogP contribution >= 0.6 is 24.0 Å². The van der Waals surface area contributed by atoms with E-state index < -0.39 is 10.8 Å². The van der Waals surface area contributed by atoms with Crippen molar-refractivity contribution in [1.29, 1.82) is 0 Å². The van der Waals surface area contributed by atoms with Crippen LogP contribution in [0.5, 0.6) is 0 Å². The lowest BCUT2D eigenvalue weighted by Gasteiger charge is -2.30. The predicted octanol–water partition coefficient (Wildman–Crippen LogP) is 2.68. The van der Waals surface area contributed by atoms with Crippen molar-refractivity contribution < 1.29 is 8.63 Å². The minimum absolute atomic E-state index is 0. The number of aliphatic imine (C=N–C) groups is 1. The Bertz CT molecular complexity index is 494. The third-order valence-corrected chi connectivity index (χ3v) is 5.83. The molecule has 1 aromatic rings. The smallest absolute Gasteiger partial charge is 0.191 e. The first-order chi connectivity index (χ1) is 10.7. The van der Waals surface area contributed by atoms with Crippen molar-refractivity contribution in [3.8, 4) is 0 Å². The number of nitrogens with zero attached hydrogens (tertiary/aromatic N) is 1. The lowest BCUT2D eigenvalue weighted by Crippen LogP contribution is -2.47. The molecular formula is C16H28IN3O2S. The maximum atomic E-state index is 12.0. The molecule has 0 spiro atoms. The Morgan fingerprint density at radius 2 is 2.30 bits per heavy atom. The van der Waals surface area contributed by atoms with Crippen LogP contribution in [0.15, 0.2) is 27.8 Å². The molecule has 132 valence electrons. The van der Waals surface area contributed by atoms with Gasteiger partial charge in [0.1, 0.15) is 5.76 Å². The van der Waals surface area contributed by atoms with Crippen LogP contribution in [0.4, 0.5) is 0 Å². The Hall–Kier alpha value is -0.570. The fraction of sp³-hybridized carbons (Fsp3) is 0.688. The normalized spacial score (nSPS) is 23.0. The van der Waals surface area contributed by atoms with Crippen LogP contribution in [-0.4, -0.2) is 40.8 Å². The number of halogens is 1. The highest BCUT2D eigenvalue weighted by atomic mass is 127. The molecule has 5 nitrogen and oxygen atoms in total. The molecule has 2 rings (SSSR count). The summed E-state index contributed by atoms with van der Waals surface area (Å²) in [5.41, 5.74) is 0. The molecule has 0 saturated heterocycles. The van der Waals surface area contributed by atoms with Gasteiger partial charge in [0.05, 0.1) is 6.26 Å². The minimum atomic E-state index is -0.689. The second-order valence-electron chi connectivity index (χ2n) is 5.63. The van der Waals surface area contributed by atoms with Gasteiger partial charge >= 0.3 is 0 Å². The Kier molecular flexibility index (Phi) is 9.85. The van der Waals surface area contributed by atoms with Gasteiger partial charge in [-0.15, -0.1) is 24.0 Å². The number of furan rings is 1. The molecule has 1 aliphatic carbocycles. The number of rotatable bonds is 6. The fourth-order valence-corrected chi connectivity index (χ4v) is 4.25. The maximum Gasteiger partial charge on any atom is 0.191 e.